The van der Waals surface area contributed by atoms with Gasteiger partial charge < -0.3 is 4.74 Å². The lowest BCUT2D eigenvalue weighted by atomic mass is 10.2. The highest BCUT2D eigenvalue weighted by molar-refractivity contribution is 7.80. The van der Waals surface area contributed by atoms with Gasteiger partial charge in [0.05, 0.1) is 12.2 Å². The number of ether oxygens (including phenoxy) is 1. The van der Waals surface area contributed by atoms with Gasteiger partial charge in [-0.25, -0.2) is 4.79 Å². The molecule has 0 spiro atoms. The summed E-state index contributed by atoms with van der Waals surface area (Å²) in [4.78, 5) is 12.6. The Morgan fingerprint density at radius 2 is 1.67 bits per heavy atom. The number of esters is 1. The molecule has 0 saturated carbocycles. The predicted molar refractivity (Wildman–Crippen MR) is 74.1 cm³/mol. The Balaban J connectivity index is 1.82. The van der Waals surface area contributed by atoms with E-state index in [1.807, 2.05) is 42.5 Å². The molecule has 0 aromatic heterocycles. The first-order chi connectivity index (χ1) is 8.75. The molecule has 2 rings (SSSR count). The molecule has 92 valence electrons. The van der Waals surface area contributed by atoms with Crippen LogP contribution in [0.4, 0.5) is 0 Å². The summed E-state index contributed by atoms with van der Waals surface area (Å²) in [5.74, 6) is -0.276. The van der Waals surface area contributed by atoms with Crippen LogP contribution in [0.2, 0.25) is 0 Å². The SMILES string of the molecule is O=C(OCCc1ccc(S)cc1)c1ccccc1. The molecule has 0 atom stereocenters. The van der Waals surface area contributed by atoms with Crippen molar-refractivity contribution >= 4 is 18.6 Å². The predicted octanol–water partition coefficient (Wildman–Crippen LogP) is 3.37. The molecule has 3 heteroatoms. The van der Waals surface area contributed by atoms with Crippen molar-refractivity contribution in [1.29, 1.82) is 0 Å². The lowest BCUT2D eigenvalue weighted by Crippen LogP contribution is -2.07. The fourth-order valence-electron chi connectivity index (χ4n) is 1.58. The van der Waals surface area contributed by atoms with Gasteiger partial charge in [-0.05, 0) is 29.8 Å². The third kappa shape index (κ3) is 3.64. The maximum absolute atomic E-state index is 11.7. The van der Waals surface area contributed by atoms with Gasteiger partial charge in [0.1, 0.15) is 0 Å². The van der Waals surface area contributed by atoms with Crippen molar-refractivity contribution < 1.29 is 9.53 Å². The van der Waals surface area contributed by atoms with Gasteiger partial charge in [0.15, 0.2) is 0 Å². The van der Waals surface area contributed by atoms with Crippen LogP contribution in [-0.4, -0.2) is 12.6 Å². The zero-order valence-electron chi connectivity index (χ0n) is 9.87. The monoisotopic (exact) mass is 258 g/mol. The molecule has 18 heavy (non-hydrogen) atoms. The first-order valence-electron chi connectivity index (χ1n) is 5.76. The average Bonchev–Trinajstić information content (AvgIpc) is 2.42. The topological polar surface area (TPSA) is 26.3 Å². The molecule has 2 aromatic carbocycles. The van der Waals surface area contributed by atoms with Gasteiger partial charge in [-0.3, -0.25) is 0 Å². The Morgan fingerprint density at radius 1 is 1.00 bits per heavy atom. The van der Waals surface area contributed by atoms with Crippen LogP contribution in [0.5, 0.6) is 0 Å². The zero-order valence-corrected chi connectivity index (χ0v) is 10.8. The maximum atomic E-state index is 11.7. The maximum Gasteiger partial charge on any atom is 0.338 e. The van der Waals surface area contributed by atoms with Gasteiger partial charge in [0, 0.05) is 11.3 Å². The Bertz CT molecular complexity index is 506. The van der Waals surface area contributed by atoms with Crippen LogP contribution in [0, 0.1) is 0 Å². The lowest BCUT2D eigenvalue weighted by molar-refractivity contribution is 0.0509. The van der Waals surface area contributed by atoms with Crippen LogP contribution in [0.15, 0.2) is 59.5 Å². The van der Waals surface area contributed by atoms with Crippen molar-refractivity contribution in [2.45, 2.75) is 11.3 Å². The molecule has 0 aliphatic rings. The summed E-state index contributed by atoms with van der Waals surface area (Å²) in [5.41, 5.74) is 1.72. The number of thiol groups is 1. The van der Waals surface area contributed by atoms with E-state index in [9.17, 15) is 4.79 Å². The summed E-state index contributed by atoms with van der Waals surface area (Å²) >= 11 is 4.22. The summed E-state index contributed by atoms with van der Waals surface area (Å²) in [6.45, 7) is 0.389. The van der Waals surface area contributed by atoms with E-state index >= 15 is 0 Å². The quantitative estimate of drug-likeness (QED) is 0.672. The molecule has 2 aromatic rings. The molecule has 0 aliphatic carbocycles. The Hall–Kier alpha value is -1.74. The van der Waals surface area contributed by atoms with Gasteiger partial charge in [-0.1, -0.05) is 30.3 Å². The van der Waals surface area contributed by atoms with E-state index in [2.05, 4.69) is 12.6 Å². The summed E-state index contributed by atoms with van der Waals surface area (Å²) < 4.78 is 5.20. The average molecular weight is 258 g/mol. The van der Waals surface area contributed by atoms with E-state index < -0.39 is 0 Å². The number of hydrogen-bond acceptors (Lipinski definition) is 3. The first kappa shape index (κ1) is 12.7. The van der Waals surface area contributed by atoms with Crippen LogP contribution in [-0.2, 0) is 11.2 Å². The molecule has 0 amide bonds. The van der Waals surface area contributed by atoms with E-state index in [0.29, 0.717) is 18.6 Å². The van der Waals surface area contributed by atoms with Gasteiger partial charge in [0.25, 0.3) is 0 Å². The third-order valence-electron chi connectivity index (χ3n) is 2.57. The molecule has 0 saturated heterocycles. The Morgan fingerprint density at radius 3 is 2.33 bits per heavy atom. The fraction of sp³-hybridized carbons (Fsp3) is 0.133. The van der Waals surface area contributed by atoms with E-state index in [1.165, 1.54) is 0 Å². The van der Waals surface area contributed by atoms with E-state index in [1.54, 1.807) is 12.1 Å². The van der Waals surface area contributed by atoms with Crippen LogP contribution in [0.3, 0.4) is 0 Å². The standard InChI is InChI=1S/C15H14O2S/c16-15(13-4-2-1-3-5-13)17-11-10-12-6-8-14(18)9-7-12/h1-9,18H,10-11H2. The Kier molecular flexibility index (Phi) is 4.42. The minimum Gasteiger partial charge on any atom is -0.462 e. The van der Waals surface area contributed by atoms with Crippen LogP contribution in [0.1, 0.15) is 15.9 Å². The molecule has 0 bridgehead atoms. The van der Waals surface area contributed by atoms with Gasteiger partial charge in [-0.2, -0.15) is 0 Å². The number of rotatable bonds is 4. The second-order valence-electron chi connectivity index (χ2n) is 3.92. The number of carbonyl (C=O) groups excluding carboxylic acids is 1. The minimum atomic E-state index is -0.276. The fourth-order valence-corrected chi connectivity index (χ4v) is 1.73. The molecule has 0 radical (unpaired) electrons. The molecule has 0 aliphatic heterocycles. The molecule has 0 fully saturated rings. The summed E-state index contributed by atoms with van der Waals surface area (Å²) in [6, 6.07) is 16.8. The molecule has 2 nitrogen and oxygen atoms in total. The van der Waals surface area contributed by atoms with E-state index in [-0.39, 0.29) is 5.97 Å². The number of hydrogen-bond donors (Lipinski definition) is 1. The highest BCUT2D eigenvalue weighted by atomic mass is 32.1. The smallest absolute Gasteiger partial charge is 0.338 e. The van der Waals surface area contributed by atoms with Crippen molar-refractivity contribution in [1.82, 2.24) is 0 Å². The van der Waals surface area contributed by atoms with Crippen molar-refractivity contribution in [3.05, 3.63) is 65.7 Å². The Labute approximate surface area is 112 Å². The normalized spacial score (nSPS) is 10.1. The molecule has 0 unspecified atom stereocenters. The number of carbonyl (C=O) groups is 1. The van der Waals surface area contributed by atoms with E-state index in [4.69, 9.17) is 4.74 Å². The summed E-state index contributed by atoms with van der Waals surface area (Å²) in [5, 5.41) is 0. The zero-order chi connectivity index (χ0) is 12.8. The van der Waals surface area contributed by atoms with Gasteiger partial charge >= 0.3 is 5.97 Å². The van der Waals surface area contributed by atoms with Gasteiger partial charge in [0.2, 0.25) is 0 Å². The first-order valence-corrected chi connectivity index (χ1v) is 6.20. The van der Waals surface area contributed by atoms with Crippen LogP contribution >= 0.6 is 12.6 Å². The third-order valence-corrected chi connectivity index (χ3v) is 2.87. The van der Waals surface area contributed by atoms with Gasteiger partial charge in [-0.15, -0.1) is 12.6 Å². The van der Waals surface area contributed by atoms with Crippen LogP contribution < -0.4 is 0 Å². The molecular formula is C15H14O2S. The minimum absolute atomic E-state index is 0.276. The van der Waals surface area contributed by atoms with Crippen molar-refractivity contribution in [2.24, 2.45) is 0 Å². The lowest BCUT2D eigenvalue weighted by Gasteiger charge is -2.05. The van der Waals surface area contributed by atoms with Crippen molar-refractivity contribution in [3.8, 4) is 0 Å². The molecule has 0 heterocycles. The van der Waals surface area contributed by atoms with Crippen molar-refractivity contribution in [2.75, 3.05) is 6.61 Å². The van der Waals surface area contributed by atoms with Crippen molar-refractivity contribution in [3.63, 3.8) is 0 Å². The highest BCUT2D eigenvalue weighted by Crippen LogP contribution is 2.09. The second-order valence-corrected chi connectivity index (χ2v) is 4.43. The second kappa shape index (κ2) is 6.26. The molecular weight excluding hydrogens is 244 g/mol. The highest BCUT2D eigenvalue weighted by Gasteiger charge is 2.05. The van der Waals surface area contributed by atoms with E-state index in [0.717, 1.165) is 10.5 Å². The summed E-state index contributed by atoms with van der Waals surface area (Å²) in [6.07, 6.45) is 0.715. The van der Waals surface area contributed by atoms with Crippen LogP contribution in [0.25, 0.3) is 0 Å². The number of benzene rings is 2. The largest absolute Gasteiger partial charge is 0.462 e. The summed E-state index contributed by atoms with van der Waals surface area (Å²) in [7, 11) is 0. The molecule has 0 N–H and O–H groups in total.